The lowest BCUT2D eigenvalue weighted by Gasteiger charge is -2.09. The number of hydrogen-bond donors (Lipinski definition) is 0. The molecule has 0 saturated carbocycles. The zero-order valence-electron chi connectivity index (χ0n) is 24.8. The van der Waals surface area contributed by atoms with Gasteiger partial charge in [0.25, 0.3) is 0 Å². The smallest absolute Gasteiger partial charge is 0.248 e. The molecule has 0 unspecified atom stereocenters. The molecule has 0 bridgehead atoms. The van der Waals surface area contributed by atoms with Gasteiger partial charge in [-0.15, -0.1) is 10.2 Å². The Bertz CT molecular complexity index is 2500. The molecule has 4 heteroatoms. The number of benzene rings is 7. The van der Waals surface area contributed by atoms with Crippen molar-refractivity contribution in [1.29, 1.82) is 0 Å². The van der Waals surface area contributed by atoms with E-state index in [9.17, 15) is 0 Å². The Kier molecular flexibility index (Phi) is 6.10. The maximum atomic E-state index is 6.00. The normalized spacial score (nSPS) is 11.5. The van der Waals surface area contributed by atoms with Gasteiger partial charge in [-0.3, -0.25) is 0 Å². The van der Waals surface area contributed by atoms with Crippen molar-refractivity contribution in [2.45, 2.75) is 0 Å². The number of aromatic nitrogens is 3. The van der Waals surface area contributed by atoms with E-state index in [0.29, 0.717) is 11.8 Å². The molecule has 7 aromatic carbocycles. The van der Waals surface area contributed by atoms with Gasteiger partial charge in [-0.25, -0.2) is 0 Å². The van der Waals surface area contributed by atoms with Gasteiger partial charge in [0.1, 0.15) is 0 Å². The summed E-state index contributed by atoms with van der Waals surface area (Å²) in [5.74, 6) is 1.02. The lowest BCUT2D eigenvalue weighted by molar-refractivity contribution is 0.584. The molecule has 9 rings (SSSR count). The molecule has 0 fully saturated rings. The molecule has 9 aromatic rings. The van der Waals surface area contributed by atoms with Gasteiger partial charge in [-0.1, -0.05) is 103 Å². The van der Waals surface area contributed by atoms with Gasteiger partial charge in [-0.2, -0.15) is 0 Å². The summed E-state index contributed by atoms with van der Waals surface area (Å²) in [6.45, 7) is 0. The maximum Gasteiger partial charge on any atom is 0.248 e. The molecule has 0 atom stereocenters. The Morgan fingerprint density at radius 1 is 0.391 bits per heavy atom. The first-order valence-electron chi connectivity index (χ1n) is 15.4. The van der Waals surface area contributed by atoms with Crippen LogP contribution in [0.4, 0.5) is 0 Å². The first kappa shape index (κ1) is 26.2. The van der Waals surface area contributed by atoms with E-state index in [1.807, 2.05) is 42.5 Å². The number of hydrogen-bond acceptors (Lipinski definition) is 3. The van der Waals surface area contributed by atoms with Gasteiger partial charge in [0.15, 0.2) is 0 Å². The topological polar surface area (TPSA) is 43.9 Å². The molecule has 216 valence electrons. The number of para-hydroxylation sites is 1. The molecular formula is C42H27N3O. The molecule has 4 nitrogen and oxygen atoms in total. The Balaban J connectivity index is 1.16. The molecule has 0 spiro atoms. The first-order valence-corrected chi connectivity index (χ1v) is 15.4. The summed E-state index contributed by atoms with van der Waals surface area (Å²) in [6.07, 6.45) is 0. The first-order chi connectivity index (χ1) is 22.8. The minimum atomic E-state index is 0.507. The maximum absolute atomic E-state index is 6.00. The van der Waals surface area contributed by atoms with Gasteiger partial charge in [0, 0.05) is 27.6 Å². The van der Waals surface area contributed by atoms with Crippen LogP contribution in [0.3, 0.4) is 0 Å². The van der Waals surface area contributed by atoms with E-state index >= 15 is 0 Å². The zero-order chi connectivity index (χ0) is 30.5. The van der Waals surface area contributed by atoms with Gasteiger partial charge in [-0.05, 0) is 93.7 Å². The highest BCUT2D eigenvalue weighted by Gasteiger charge is 2.16. The van der Waals surface area contributed by atoms with Crippen molar-refractivity contribution in [1.82, 2.24) is 14.8 Å². The van der Waals surface area contributed by atoms with Crippen LogP contribution >= 0.6 is 0 Å². The molecule has 0 N–H and O–H groups in total. The molecule has 0 radical (unpaired) electrons. The highest BCUT2D eigenvalue weighted by Crippen LogP contribution is 2.38. The monoisotopic (exact) mass is 589 g/mol. The van der Waals surface area contributed by atoms with Crippen LogP contribution in [0.5, 0.6) is 0 Å². The molecular weight excluding hydrogens is 562 g/mol. The summed E-state index contributed by atoms with van der Waals surface area (Å²) in [4.78, 5) is 0. The second-order valence-corrected chi connectivity index (χ2v) is 11.5. The van der Waals surface area contributed by atoms with E-state index in [2.05, 4.69) is 136 Å². The van der Waals surface area contributed by atoms with Crippen molar-refractivity contribution in [3.8, 4) is 50.8 Å². The number of rotatable bonds is 5. The van der Waals surface area contributed by atoms with E-state index in [0.717, 1.165) is 27.9 Å². The highest BCUT2D eigenvalue weighted by atomic mass is 16.4. The van der Waals surface area contributed by atoms with Crippen molar-refractivity contribution in [3.05, 3.63) is 164 Å². The Morgan fingerprint density at radius 3 is 1.67 bits per heavy atom. The average Bonchev–Trinajstić information content (AvgIpc) is 3.75. The molecule has 0 aliphatic heterocycles. The molecule has 46 heavy (non-hydrogen) atoms. The predicted octanol–water partition coefficient (Wildman–Crippen LogP) is 11.0. The van der Waals surface area contributed by atoms with Crippen molar-refractivity contribution >= 4 is 32.6 Å². The van der Waals surface area contributed by atoms with Crippen LogP contribution in [0.15, 0.2) is 168 Å². The predicted molar refractivity (Wildman–Crippen MR) is 188 cm³/mol. The largest absolute Gasteiger partial charge is 0.416 e. The van der Waals surface area contributed by atoms with Gasteiger partial charge in [0.2, 0.25) is 11.8 Å². The summed E-state index contributed by atoms with van der Waals surface area (Å²) in [5, 5.41) is 13.5. The van der Waals surface area contributed by atoms with Crippen LogP contribution in [0.25, 0.3) is 83.4 Å². The van der Waals surface area contributed by atoms with E-state index in [-0.39, 0.29) is 0 Å². The molecule has 2 heterocycles. The van der Waals surface area contributed by atoms with Crippen LogP contribution in [-0.2, 0) is 0 Å². The highest BCUT2D eigenvalue weighted by molar-refractivity contribution is 6.12. The second-order valence-electron chi connectivity index (χ2n) is 11.5. The third-order valence-electron chi connectivity index (χ3n) is 8.79. The van der Waals surface area contributed by atoms with E-state index in [4.69, 9.17) is 4.42 Å². The van der Waals surface area contributed by atoms with Crippen LogP contribution in [0.1, 0.15) is 0 Å². The Labute approximate surface area is 265 Å². The third kappa shape index (κ3) is 4.39. The van der Waals surface area contributed by atoms with Gasteiger partial charge >= 0.3 is 0 Å². The Morgan fingerprint density at radius 2 is 0.935 bits per heavy atom. The van der Waals surface area contributed by atoms with Gasteiger partial charge < -0.3 is 8.98 Å². The van der Waals surface area contributed by atoms with Crippen molar-refractivity contribution in [3.63, 3.8) is 0 Å². The van der Waals surface area contributed by atoms with Crippen molar-refractivity contribution in [2.24, 2.45) is 0 Å². The molecule has 0 amide bonds. The summed E-state index contributed by atoms with van der Waals surface area (Å²) in [7, 11) is 0. The summed E-state index contributed by atoms with van der Waals surface area (Å²) >= 11 is 0. The lowest BCUT2D eigenvalue weighted by atomic mass is 9.96. The van der Waals surface area contributed by atoms with Crippen molar-refractivity contribution < 1.29 is 4.42 Å². The quantitative estimate of drug-likeness (QED) is 0.201. The summed E-state index contributed by atoms with van der Waals surface area (Å²) in [6, 6.07) is 57.6. The summed E-state index contributed by atoms with van der Waals surface area (Å²) in [5.41, 5.74) is 10.0. The van der Waals surface area contributed by atoms with Crippen LogP contribution < -0.4 is 0 Å². The molecule has 0 aliphatic carbocycles. The fourth-order valence-corrected chi connectivity index (χ4v) is 6.55. The van der Waals surface area contributed by atoms with Gasteiger partial charge in [0.05, 0.1) is 11.0 Å². The minimum Gasteiger partial charge on any atom is -0.416 e. The van der Waals surface area contributed by atoms with E-state index < -0.39 is 0 Å². The Hall–Kier alpha value is -6.26. The standard InChI is InChI=1S/C42H27N3O/c1-3-11-30(12-4-1)41-43-44-42(46-41)31-20-18-28(19-21-31)32-22-24-39-37(26-32)38-27-33(36-17-9-13-29-10-7-8-16-35(29)36)23-25-40(38)45(39)34-14-5-2-6-15-34/h1-27H. The van der Waals surface area contributed by atoms with Crippen LogP contribution in [0.2, 0.25) is 0 Å². The molecule has 0 aliphatic rings. The third-order valence-corrected chi connectivity index (χ3v) is 8.79. The second kappa shape index (κ2) is 10.7. The molecule has 0 saturated heterocycles. The lowest BCUT2D eigenvalue weighted by Crippen LogP contribution is -1.93. The fourth-order valence-electron chi connectivity index (χ4n) is 6.55. The SMILES string of the molecule is c1ccc(-c2nnc(-c3ccc(-c4ccc5c(c4)c4cc(-c6cccc7ccccc67)ccc4n5-c4ccccc4)cc3)o2)cc1. The fraction of sp³-hybridized carbons (Fsp3) is 0. The average molecular weight is 590 g/mol. The van der Waals surface area contributed by atoms with Crippen LogP contribution in [-0.4, -0.2) is 14.8 Å². The summed E-state index contributed by atoms with van der Waals surface area (Å²) < 4.78 is 8.37. The van der Waals surface area contributed by atoms with Crippen molar-refractivity contribution in [2.75, 3.05) is 0 Å². The number of fused-ring (bicyclic) bond motifs is 4. The van der Waals surface area contributed by atoms with Crippen LogP contribution in [0, 0.1) is 0 Å². The van der Waals surface area contributed by atoms with E-state index in [1.54, 1.807) is 0 Å². The van der Waals surface area contributed by atoms with E-state index in [1.165, 1.54) is 43.7 Å². The molecule has 2 aromatic heterocycles. The minimum absolute atomic E-state index is 0.507. The zero-order valence-corrected chi connectivity index (χ0v) is 24.8. The number of nitrogens with zero attached hydrogens (tertiary/aromatic N) is 3.